The molecule has 0 aromatic heterocycles. The number of nitrogens with zero attached hydrogens (tertiary/aromatic N) is 1. The van der Waals surface area contributed by atoms with E-state index in [1.54, 1.807) is 6.49 Å². The smallest absolute Gasteiger partial charge is 0.0705 e. The van der Waals surface area contributed by atoms with Gasteiger partial charge in [0.2, 0.25) is 0 Å². The topological polar surface area (TPSA) is 12.4 Å². The van der Waals surface area contributed by atoms with Crippen molar-refractivity contribution >= 4 is 8.92 Å². The Labute approximate surface area is 151 Å². The molecule has 0 unspecified atom stereocenters. The second-order valence-corrected chi connectivity index (χ2v) is 9.86. The molecule has 0 fully saturated rings. The molecule has 0 radical (unpaired) electrons. The van der Waals surface area contributed by atoms with Crippen LogP contribution in [0.15, 0.2) is 61.6 Å². The molecule has 0 atom stereocenters. The van der Waals surface area contributed by atoms with Gasteiger partial charge >= 0.3 is 74.2 Å². The number of hydrogen-bond donors (Lipinski definition) is 0. The summed E-state index contributed by atoms with van der Waals surface area (Å²) in [6, 6.07) is 0. The monoisotopic (exact) mass is 398 g/mol. The third-order valence-corrected chi connectivity index (χ3v) is 5.82. The van der Waals surface area contributed by atoms with Gasteiger partial charge in [-0.3, -0.25) is 4.99 Å². The van der Waals surface area contributed by atoms with Crippen LogP contribution in [-0.2, 0) is 22.8 Å². The summed E-state index contributed by atoms with van der Waals surface area (Å²) >= 11 is -0.246. The first kappa shape index (κ1) is 20.7. The maximum atomic E-state index is 4.27. The summed E-state index contributed by atoms with van der Waals surface area (Å²) in [6.07, 6.45) is 14.2. The average Bonchev–Trinajstić information content (AvgIpc) is 2.95. The molecule has 1 nitrogen and oxygen atoms in total. The van der Waals surface area contributed by atoms with Crippen LogP contribution in [-0.4, -0.2) is 8.92 Å². The Morgan fingerprint density at radius 3 is 2.38 bits per heavy atom. The summed E-state index contributed by atoms with van der Waals surface area (Å²) in [7, 11) is 0. The molecule has 111 valence electrons. The van der Waals surface area contributed by atoms with Crippen LogP contribution in [0, 0.1) is 0 Å². The van der Waals surface area contributed by atoms with Crippen molar-refractivity contribution in [2.24, 2.45) is 4.99 Å². The molecule has 4 heteroatoms. The van der Waals surface area contributed by atoms with Crippen molar-refractivity contribution in [1.29, 1.82) is 0 Å². The van der Waals surface area contributed by atoms with E-state index in [1.165, 1.54) is 17.6 Å². The van der Waals surface area contributed by atoms with Crippen LogP contribution < -0.4 is 24.8 Å². The molecule has 0 saturated heterocycles. The fourth-order valence-corrected chi connectivity index (χ4v) is 4.98. The van der Waals surface area contributed by atoms with Gasteiger partial charge in [0.1, 0.15) is 0 Å². The SMILES string of the molecule is CC1=CC[C]([Zr+2]=[C](C)C)=C1.CC1=NC2=CC=CC2=C1.[Cl-].[Cl-]. The van der Waals surface area contributed by atoms with E-state index in [2.05, 4.69) is 50.1 Å². The number of fused-ring (bicyclic) bond motifs is 1. The Morgan fingerprint density at radius 2 is 1.86 bits per heavy atom. The van der Waals surface area contributed by atoms with E-state index >= 15 is 0 Å². The van der Waals surface area contributed by atoms with Gasteiger partial charge in [-0.15, -0.1) is 0 Å². The standard InChI is InChI=1S/C8H7N.C6H7.C3H6.2ClH.Zr/c1-6-5-7-3-2-4-8(7)9-6;1-6-4-2-3-5-6;1-3-2;;;/h2-5H,1H3;4-5H,2H2,1H3;1-2H3;2*1H;/q;;;;;+2/p-2. The van der Waals surface area contributed by atoms with E-state index in [-0.39, 0.29) is 47.6 Å². The molecule has 1 aliphatic heterocycles. The zero-order valence-corrected chi connectivity index (χ0v) is 16.8. The first-order chi connectivity index (χ1) is 9.04. The van der Waals surface area contributed by atoms with Gasteiger partial charge < -0.3 is 24.8 Å². The summed E-state index contributed by atoms with van der Waals surface area (Å²) in [5.74, 6) is 0. The van der Waals surface area contributed by atoms with Gasteiger partial charge in [-0.25, -0.2) is 0 Å². The van der Waals surface area contributed by atoms with Crippen LogP contribution in [0.5, 0.6) is 0 Å². The van der Waals surface area contributed by atoms with E-state index in [1.807, 2.05) is 19.1 Å². The molecule has 0 aromatic carbocycles. The average molecular weight is 400 g/mol. The predicted molar refractivity (Wildman–Crippen MR) is 81.2 cm³/mol. The first-order valence-electron chi connectivity index (χ1n) is 6.65. The molecule has 3 aliphatic rings. The Hall–Kier alpha value is -0.297. The summed E-state index contributed by atoms with van der Waals surface area (Å²) in [5.41, 5.74) is 4.96. The minimum Gasteiger partial charge on any atom is -1.00 e. The molecule has 0 amide bonds. The fourth-order valence-electron chi connectivity index (χ4n) is 2.17. The summed E-state index contributed by atoms with van der Waals surface area (Å²) in [5, 5.41) is 0. The van der Waals surface area contributed by atoms with Crippen LogP contribution >= 0.6 is 0 Å². The summed E-state index contributed by atoms with van der Waals surface area (Å²) in [6.45, 7) is 8.73. The maximum Gasteiger partial charge on any atom is 0.0705 e. The predicted octanol–water partition coefficient (Wildman–Crippen LogP) is -1.64. The number of aliphatic imine (C=N–C) groups is 1. The van der Waals surface area contributed by atoms with E-state index in [4.69, 9.17) is 0 Å². The van der Waals surface area contributed by atoms with Crippen LogP contribution in [0.2, 0.25) is 0 Å². The molecule has 0 saturated carbocycles. The van der Waals surface area contributed by atoms with Crippen molar-refractivity contribution in [2.75, 3.05) is 0 Å². The first-order valence-corrected chi connectivity index (χ1v) is 9.10. The molecule has 0 bridgehead atoms. The Bertz CT molecular complexity index is 598. The Morgan fingerprint density at radius 1 is 1.14 bits per heavy atom. The number of allylic oxidation sites excluding steroid dienone is 8. The Kier molecular flexibility index (Phi) is 9.53. The molecule has 1 heterocycles. The van der Waals surface area contributed by atoms with Crippen molar-refractivity contribution in [1.82, 2.24) is 0 Å². The van der Waals surface area contributed by atoms with Gasteiger partial charge in [0.25, 0.3) is 0 Å². The third-order valence-electron chi connectivity index (χ3n) is 2.94. The number of rotatable bonds is 1. The van der Waals surface area contributed by atoms with Gasteiger partial charge in [0, 0.05) is 11.3 Å². The van der Waals surface area contributed by atoms with Crippen molar-refractivity contribution < 1.29 is 47.6 Å². The molecule has 0 aromatic rings. The normalized spacial score (nSPS) is 16.7. The summed E-state index contributed by atoms with van der Waals surface area (Å²) in [4.78, 5) is 4.27. The quantitative estimate of drug-likeness (QED) is 0.501. The number of halogens is 2. The van der Waals surface area contributed by atoms with Crippen LogP contribution in [0.3, 0.4) is 0 Å². The minimum absolute atomic E-state index is 0. The molecule has 0 spiro atoms. The van der Waals surface area contributed by atoms with Crippen molar-refractivity contribution in [3.63, 3.8) is 0 Å². The van der Waals surface area contributed by atoms with Crippen LogP contribution in [0.1, 0.15) is 34.1 Å². The van der Waals surface area contributed by atoms with Crippen LogP contribution in [0.25, 0.3) is 0 Å². The summed E-state index contributed by atoms with van der Waals surface area (Å²) < 4.78 is 3.42. The molecule has 0 N–H and O–H groups in total. The number of hydrogen-bond acceptors (Lipinski definition) is 1. The molecular formula is C17H20Cl2NZr. The van der Waals surface area contributed by atoms with Gasteiger partial charge in [0.15, 0.2) is 0 Å². The third kappa shape index (κ3) is 6.55. The van der Waals surface area contributed by atoms with Gasteiger partial charge in [-0.1, -0.05) is 12.2 Å². The molecule has 2 aliphatic carbocycles. The van der Waals surface area contributed by atoms with E-state index < -0.39 is 0 Å². The van der Waals surface area contributed by atoms with Crippen LogP contribution in [0.4, 0.5) is 0 Å². The zero-order valence-electron chi connectivity index (χ0n) is 12.9. The van der Waals surface area contributed by atoms with Gasteiger partial charge in [-0.2, -0.15) is 0 Å². The van der Waals surface area contributed by atoms with Gasteiger partial charge in [-0.05, 0) is 19.1 Å². The largest absolute Gasteiger partial charge is 1.00 e. The molecule has 3 rings (SSSR count). The van der Waals surface area contributed by atoms with E-state index in [9.17, 15) is 0 Å². The minimum atomic E-state index is -0.246. The van der Waals surface area contributed by atoms with Crippen molar-refractivity contribution in [3.05, 3.63) is 56.6 Å². The fraction of sp³-hybridized carbons (Fsp3) is 0.294. The van der Waals surface area contributed by atoms with Gasteiger partial charge in [0.05, 0.1) is 5.70 Å². The molecular weight excluding hydrogens is 380 g/mol. The second kappa shape index (κ2) is 9.67. The zero-order chi connectivity index (χ0) is 13.8. The van der Waals surface area contributed by atoms with E-state index in [0.29, 0.717) is 0 Å². The second-order valence-electron chi connectivity index (χ2n) is 5.21. The molecule has 21 heavy (non-hydrogen) atoms. The maximum absolute atomic E-state index is 4.27. The Balaban J connectivity index is 0.000000348. The van der Waals surface area contributed by atoms with E-state index in [0.717, 1.165) is 11.4 Å². The van der Waals surface area contributed by atoms with Crippen molar-refractivity contribution in [3.8, 4) is 0 Å². The van der Waals surface area contributed by atoms with Crippen molar-refractivity contribution in [2.45, 2.75) is 34.1 Å².